The van der Waals surface area contributed by atoms with Crippen LogP contribution in [0, 0.1) is 5.92 Å². The molecule has 5 heteroatoms. The molecular formula is C11H21N3O2. The lowest BCUT2D eigenvalue weighted by molar-refractivity contribution is 0.130. The molecule has 0 fully saturated rings. The molecule has 5 nitrogen and oxygen atoms in total. The lowest BCUT2D eigenvalue weighted by Gasteiger charge is -2.05. The van der Waals surface area contributed by atoms with Crippen LogP contribution in [0.4, 0.5) is 0 Å². The second kappa shape index (κ2) is 6.60. The van der Waals surface area contributed by atoms with Crippen LogP contribution in [0.3, 0.4) is 0 Å². The zero-order valence-corrected chi connectivity index (χ0v) is 10.3. The van der Waals surface area contributed by atoms with Crippen LogP contribution in [0.15, 0.2) is 4.52 Å². The minimum atomic E-state index is -0.295. The van der Waals surface area contributed by atoms with Gasteiger partial charge in [-0.25, -0.2) is 0 Å². The van der Waals surface area contributed by atoms with Crippen LogP contribution in [-0.2, 0) is 11.2 Å². The third-order valence-corrected chi connectivity index (χ3v) is 2.25. The van der Waals surface area contributed by atoms with Gasteiger partial charge in [-0.2, -0.15) is 4.98 Å². The summed E-state index contributed by atoms with van der Waals surface area (Å²) in [6, 6.07) is -0.295. The number of aromatic nitrogens is 2. The van der Waals surface area contributed by atoms with Gasteiger partial charge in [0.1, 0.15) is 0 Å². The zero-order valence-electron chi connectivity index (χ0n) is 10.3. The summed E-state index contributed by atoms with van der Waals surface area (Å²) < 4.78 is 10.3. The van der Waals surface area contributed by atoms with Crippen LogP contribution in [0.5, 0.6) is 0 Å². The number of ether oxygens (including phenoxy) is 1. The molecule has 1 heterocycles. The quantitative estimate of drug-likeness (QED) is 0.767. The van der Waals surface area contributed by atoms with Gasteiger partial charge in [-0.3, -0.25) is 0 Å². The highest BCUT2D eigenvalue weighted by Gasteiger charge is 2.14. The standard InChI is InChI=1S/C11H21N3O2/c1-4-15-7-9(12)11-13-10(16-14-11)6-5-8(2)3/h8-9H,4-7,12H2,1-3H3. The molecule has 92 valence electrons. The van der Waals surface area contributed by atoms with Gasteiger partial charge in [0, 0.05) is 13.0 Å². The zero-order chi connectivity index (χ0) is 12.0. The van der Waals surface area contributed by atoms with Crippen LogP contribution in [0.25, 0.3) is 0 Å². The highest BCUT2D eigenvalue weighted by atomic mass is 16.5. The summed E-state index contributed by atoms with van der Waals surface area (Å²) in [7, 11) is 0. The first-order valence-electron chi connectivity index (χ1n) is 5.79. The van der Waals surface area contributed by atoms with E-state index in [4.69, 9.17) is 15.0 Å². The summed E-state index contributed by atoms with van der Waals surface area (Å²) in [5.74, 6) is 1.83. The molecule has 16 heavy (non-hydrogen) atoms. The maximum atomic E-state index is 5.84. The molecule has 0 spiro atoms. The predicted octanol–water partition coefficient (Wildman–Crippen LogP) is 1.69. The molecule has 1 atom stereocenters. The Balaban J connectivity index is 2.43. The lowest BCUT2D eigenvalue weighted by Crippen LogP contribution is -2.18. The third kappa shape index (κ3) is 4.28. The highest BCUT2D eigenvalue weighted by molar-refractivity contribution is 4.93. The second-order valence-electron chi connectivity index (χ2n) is 4.24. The molecule has 0 bridgehead atoms. The molecule has 1 aromatic rings. The third-order valence-electron chi connectivity index (χ3n) is 2.25. The number of hydrogen-bond donors (Lipinski definition) is 1. The SMILES string of the molecule is CCOCC(N)c1noc(CCC(C)C)n1. The van der Waals surface area contributed by atoms with Gasteiger partial charge in [0.25, 0.3) is 0 Å². The van der Waals surface area contributed by atoms with Crippen molar-refractivity contribution in [2.45, 2.75) is 39.7 Å². The van der Waals surface area contributed by atoms with Gasteiger partial charge < -0.3 is 15.0 Å². The first kappa shape index (κ1) is 13.1. The van der Waals surface area contributed by atoms with Crippen molar-refractivity contribution in [1.82, 2.24) is 10.1 Å². The van der Waals surface area contributed by atoms with Gasteiger partial charge >= 0.3 is 0 Å². The summed E-state index contributed by atoms with van der Waals surface area (Å²) in [6.07, 6.45) is 1.86. The summed E-state index contributed by atoms with van der Waals surface area (Å²) in [5, 5.41) is 3.86. The Labute approximate surface area is 96.4 Å². The Morgan fingerprint density at radius 3 is 2.81 bits per heavy atom. The fourth-order valence-electron chi connectivity index (χ4n) is 1.25. The molecule has 1 aromatic heterocycles. The Kier molecular flexibility index (Phi) is 5.42. The minimum Gasteiger partial charge on any atom is -0.380 e. The van der Waals surface area contributed by atoms with E-state index < -0.39 is 0 Å². The molecule has 0 saturated heterocycles. The van der Waals surface area contributed by atoms with E-state index >= 15 is 0 Å². The minimum absolute atomic E-state index is 0.295. The number of nitrogens with two attached hydrogens (primary N) is 1. The van der Waals surface area contributed by atoms with E-state index in [1.807, 2.05) is 6.92 Å². The van der Waals surface area contributed by atoms with Crippen molar-refractivity contribution in [3.05, 3.63) is 11.7 Å². The summed E-state index contributed by atoms with van der Waals surface area (Å²) in [4.78, 5) is 4.25. The van der Waals surface area contributed by atoms with Crippen molar-refractivity contribution in [3.63, 3.8) is 0 Å². The fourth-order valence-corrected chi connectivity index (χ4v) is 1.25. The van der Waals surface area contributed by atoms with Crippen molar-refractivity contribution < 1.29 is 9.26 Å². The predicted molar refractivity (Wildman–Crippen MR) is 60.9 cm³/mol. The Bertz CT molecular complexity index is 299. The summed E-state index contributed by atoms with van der Waals surface area (Å²) in [5.41, 5.74) is 5.84. The van der Waals surface area contributed by atoms with Gasteiger partial charge in [-0.15, -0.1) is 0 Å². The molecule has 0 aliphatic carbocycles. The average molecular weight is 227 g/mol. The molecule has 0 amide bonds. The number of rotatable bonds is 7. The highest BCUT2D eigenvalue weighted by Crippen LogP contribution is 2.10. The van der Waals surface area contributed by atoms with E-state index in [0.717, 1.165) is 12.8 Å². The summed E-state index contributed by atoms with van der Waals surface area (Å²) >= 11 is 0. The Morgan fingerprint density at radius 1 is 1.44 bits per heavy atom. The molecule has 1 unspecified atom stereocenters. The van der Waals surface area contributed by atoms with E-state index in [2.05, 4.69) is 24.0 Å². The van der Waals surface area contributed by atoms with E-state index in [1.165, 1.54) is 0 Å². The molecular weight excluding hydrogens is 206 g/mol. The van der Waals surface area contributed by atoms with Crippen molar-refractivity contribution in [2.24, 2.45) is 11.7 Å². The molecule has 2 N–H and O–H groups in total. The molecule has 1 rings (SSSR count). The van der Waals surface area contributed by atoms with E-state index in [1.54, 1.807) is 0 Å². The van der Waals surface area contributed by atoms with Crippen LogP contribution in [0.2, 0.25) is 0 Å². The van der Waals surface area contributed by atoms with Crippen molar-refractivity contribution in [3.8, 4) is 0 Å². The lowest BCUT2D eigenvalue weighted by atomic mass is 10.1. The fraction of sp³-hybridized carbons (Fsp3) is 0.818. The Hall–Kier alpha value is -0.940. The van der Waals surface area contributed by atoms with Gasteiger partial charge in [-0.05, 0) is 19.3 Å². The topological polar surface area (TPSA) is 74.2 Å². The number of aryl methyl sites for hydroxylation is 1. The van der Waals surface area contributed by atoms with Crippen molar-refractivity contribution >= 4 is 0 Å². The smallest absolute Gasteiger partial charge is 0.226 e. The summed E-state index contributed by atoms with van der Waals surface area (Å²) in [6.45, 7) is 7.33. The van der Waals surface area contributed by atoms with Crippen LogP contribution in [0.1, 0.15) is 44.9 Å². The van der Waals surface area contributed by atoms with Gasteiger partial charge in [0.2, 0.25) is 5.89 Å². The van der Waals surface area contributed by atoms with E-state index in [0.29, 0.717) is 30.8 Å². The Morgan fingerprint density at radius 2 is 2.19 bits per heavy atom. The van der Waals surface area contributed by atoms with Crippen LogP contribution < -0.4 is 5.73 Å². The molecule has 0 aliphatic heterocycles. The average Bonchev–Trinajstić information content (AvgIpc) is 2.71. The molecule has 0 radical (unpaired) electrons. The van der Waals surface area contributed by atoms with Crippen LogP contribution in [-0.4, -0.2) is 23.4 Å². The monoisotopic (exact) mass is 227 g/mol. The molecule has 0 aliphatic rings. The number of nitrogens with zero attached hydrogens (tertiary/aromatic N) is 2. The second-order valence-corrected chi connectivity index (χ2v) is 4.24. The largest absolute Gasteiger partial charge is 0.380 e. The molecule has 0 aromatic carbocycles. The maximum Gasteiger partial charge on any atom is 0.226 e. The first-order valence-corrected chi connectivity index (χ1v) is 5.79. The van der Waals surface area contributed by atoms with E-state index in [-0.39, 0.29) is 6.04 Å². The maximum absolute atomic E-state index is 5.84. The molecule has 0 saturated carbocycles. The van der Waals surface area contributed by atoms with Gasteiger partial charge in [0.15, 0.2) is 5.82 Å². The van der Waals surface area contributed by atoms with E-state index in [9.17, 15) is 0 Å². The number of hydrogen-bond acceptors (Lipinski definition) is 5. The van der Waals surface area contributed by atoms with Gasteiger partial charge in [0.05, 0.1) is 12.6 Å². The van der Waals surface area contributed by atoms with Crippen molar-refractivity contribution in [1.29, 1.82) is 0 Å². The van der Waals surface area contributed by atoms with Crippen molar-refractivity contribution in [2.75, 3.05) is 13.2 Å². The van der Waals surface area contributed by atoms with Crippen LogP contribution >= 0.6 is 0 Å². The normalized spacial score (nSPS) is 13.3. The van der Waals surface area contributed by atoms with Gasteiger partial charge in [-0.1, -0.05) is 19.0 Å². The first-order chi connectivity index (χ1) is 7.63.